The van der Waals surface area contributed by atoms with Crippen LogP contribution in [0.2, 0.25) is 0 Å². The summed E-state index contributed by atoms with van der Waals surface area (Å²) in [5.41, 5.74) is 3.72. The number of hydrogen-bond acceptors (Lipinski definition) is 4. The number of nitrogens with one attached hydrogen (secondary N) is 3. The molecule has 3 N–H and O–H groups in total. The van der Waals surface area contributed by atoms with E-state index in [4.69, 9.17) is 0 Å². The molecule has 3 heterocycles. The molecule has 0 unspecified atom stereocenters. The Labute approximate surface area is 145 Å². The second-order valence-corrected chi connectivity index (χ2v) is 5.91. The first-order valence-corrected chi connectivity index (χ1v) is 7.95. The van der Waals surface area contributed by atoms with Gasteiger partial charge in [-0.05, 0) is 17.7 Å². The third-order valence-corrected chi connectivity index (χ3v) is 4.33. The highest BCUT2D eigenvalue weighted by Gasteiger charge is 2.15. The second kappa shape index (κ2) is 5.28. The largest absolute Gasteiger partial charge is 0.339 e. The van der Waals surface area contributed by atoms with E-state index in [9.17, 15) is 9.59 Å². The van der Waals surface area contributed by atoms with E-state index < -0.39 is 0 Å². The van der Waals surface area contributed by atoms with Gasteiger partial charge in [0.2, 0.25) is 0 Å². The molecule has 0 radical (unpaired) electrons. The molecule has 0 spiro atoms. The summed E-state index contributed by atoms with van der Waals surface area (Å²) < 4.78 is 1.22. The van der Waals surface area contributed by atoms with Crippen LogP contribution in [0.25, 0.3) is 39.1 Å². The maximum atomic E-state index is 12.5. The molecule has 126 valence electrons. The summed E-state index contributed by atoms with van der Waals surface area (Å²) in [6.07, 6.45) is 0. The van der Waals surface area contributed by atoms with Crippen molar-refractivity contribution >= 4 is 16.7 Å². The van der Waals surface area contributed by atoms with E-state index in [0.29, 0.717) is 22.4 Å². The van der Waals surface area contributed by atoms with Crippen molar-refractivity contribution in [2.75, 3.05) is 0 Å². The Kier molecular flexibility index (Phi) is 2.93. The van der Waals surface area contributed by atoms with Gasteiger partial charge in [0.1, 0.15) is 16.7 Å². The molecule has 0 aliphatic rings. The number of hydrogen-bond donors (Lipinski definition) is 3. The molecule has 8 heteroatoms. The monoisotopic (exact) mass is 344 g/mol. The summed E-state index contributed by atoms with van der Waals surface area (Å²) >= 11 is 0. The molecule has 8 nitrogen and oxygen atoms in total. The Morgan fingerprint density at radius 3 is 2.50 bits per heavy atom. The fraction of sp³-hybridized carbons (Fsp3) is 0. The summed E-state index contributed by atoms with van der Waals surface area (Å²) in [7, 11) is 0. The molecule has 0 atom stereocenters. The van der Waals surface area contributed by atoms with Gasteiger partial charge in [0, 0.05) is 11.6 Å². The van der Waals surface area contributed by atoms with Crippen molar-refractivity contribution in [1.82, 2.24) is 30.0 Å². The molecule has 0 saturated carbocycles. The average Bonchev–Trinajstić information content (AvgIpc) is 3.25. The Bertz CT molecular complexity index is 1370. The molecule has 2 aromatic carbocycles. The van der Waals surface area contributed by atoms with Crippen molar-refractivity contribution in [2.45, 2.75) is 0 Å². The summed E-state index contributed by atoms with van der Waals surface area (Å²) in [6.45, 7) is 0. The van der Waals surface area contributed by atoms with E-state index in [1.807, 2.05) is 48.5 Å². The Morgan fingerprint density at radius 1 is 0.846 bits per heavy atom. The third-order valence-electron chi connectivity index (χ3n) is 4.33. The van der Waals surface area contributed by atoms with Crippen molar-refractivity contribution in [2.24, 2.45) is 0 Å². The van der Waals surface area contributed by atoms with Crippen LogP contribution in [0.4, 0.5) is 0 Å². The van der Waals surface area contributed by atoms with Crippen molar-refractivity contribution in [3.8, 4) is 22.4 Å². The predicted molar refractivity (Wildman–Crippen MR) is 97.0 cm³/mol. The van der Waals surface area contributed by atoms with E-state index in [2.05, 4.69) is 25.5 Å². The van der Waals surface area contributed by atoms with Crippen molar-refractivity contribution < 1.29 is 0 Å². The van der Waals surface area contributed by atoms with Crippen LogP contribution in [0.15, 0.2) is 64.2 Å². The molecule has 0 saturated heterocycles. The maximum Gasteiger partial charge on any atom is 0.274 e. The number of fused-ring (bicyclic) bond motifs is 2. The molecule has 5 aromatic rings. The lowest BCUT2D eigenvalue weighted by molar-refractivity contribution is 0.884. The van der Waals surface area contributed by atoms with Gasteiger partial charge in [-0.3, -0.25) is 14.7 Å². The van der Waals surface area contributed by atoms with Crippen LogP contribution >= 0.6 is 0 Å². The van der Waals surface area contributed by atoms with Gasteiger partial charge in [-0.1, -0.05) is 36.4 Å². The third kappa shape index (κ3) is 2.09. The first-order valence-electron chi connectivity index (χ1n) is 7.95. The molecule has 0 amide bonds. The summed E-state index contributed by atoms with van der Waals surface area (Å²) in [5, 5.41) is 13.2. The van der Waals surface area contributed by atoms with Crippen LogP contribution in [-0.4, -0.2) is 30.0 Å². The van der Waals surface area contributed by atoms with Crippen LogP contribution in [0.1, 0.15) is 0 Å². The summed E-state index contributed by atoms with van der Waals surface area (Å²) in [6, 6.07) is 16.2. The Balaban J connectivity index is 1.80. The summed E-state index contributed by atoms with van der Waals surface area (Å²) in [5.74, 6) is 0. The predicted octanol–water partition coefficient (Wildman–Crippen LogP) is 1.92. The molecular weight excluding hydrogens is 332 g/mol. The van der Waals surface area contributed by atoms with Gasteiger partial charge in [0.05, 0.1) is 11.3 Å². The summed E-state index contributed by atoms with van der Waals surface area (Å²) in [4.78, 5) is 28.1. The number of aromatic amines is 3. The molecule has 0 bridgehead atoms. The van der Waals surface area contributed by atoms with Gasteiger partial charge in [0.25, 0.3) is 11.1 Å². The van der Waals surface area contributed by atoms with E-state index in [1.54, 1.807) is 0 Å². The van der Waals surface area contributed by atoms with Crippen LogP contribution in [0.3, 0.4) is 0 Å². The van der Waals surface area contributed by atoms with Crippen LogP contribution < -0.4 is 11.1 Å². The fourth-order valence-electron chi connectivity index (χ4n) is 3.10. The number of rotatable bonds is 2. The topological polar surface area (TPSA) is 112 Å². The highest BCUT2D eigenvalue weighted by Crippen LogP contribution is 2.23. The van der Waals surface area contributed by atoms with Crippen molar-refractivity contribution in [3.05, 3.63) is 75.3 Å². The highest BCUT2D eigenvalue weighted by atomic mass is 16.1. The van der Waals surface area contributed by atoms with Gasteiger partial charge < -0.3 is 4.98 Å². The lowest BCUT2D eigenvalue weighted by Gasteiger charge is -2.04. The van der Waals surface area contributed by atoms with Gasteiger partial charge in [0.15, 0.2) is 0 Å². The zero-order valence-electron chi connectivity index (χ0n) is 13.4. The van der Waals surface area contributed by atoms with E-state index in [-0.39, 0.29) is 11.1 Å². The fourth-order valence-corrected chi connectivity index (χ4v) is 3.10. The smallest absolute Gasteiger partial charge is 0.274 e. The Hall–Kier alpha value is -3.94. The minimum atomic E-state index is -0.326. The number of H-pyrrole nitrogens is 3. The van der Waals surface area contributed by atoms with Crippen LogP contribution in [0.5, 0.6) is 0 Å². The zero-order valence-corrected chi connectivity index (χ0v) is 13.4. The first kappa shape index (κ1) is 14.4. The minimum Gasteiger partial charge on any atom is -0.339 e. The lowest BCUT2D eigenvalue weighted by Crippen LogP contribution is -2.15. The highest BCUT2D eigenvalue weighted by molar-refractivity contribution is 5.82. The quantitative estimate of drug-likeness (QED) is 0.454. The van der Waals surface area contributed by atoms with Crippen LogP contribution in [-0.2, 0) is 0 Å². The van der Waals surface area contributed by atoms with Gasteiger partial charge in [-0.25, -0.2) is 0 Å². The maximum absolute atomic E-state index is 12.5. The first-order chi connectivity index (χ1) is 12.7. The Morgan fingerprint density at radius 2 is 1.65 bits per heavy atom. The standard InChI is InChI=1S/C18H12N6O2/c25-15-9-13(11-6-7-12-14(8-11)21-23-20-12)19-17-16(18(26)22-24(15)17)10-4-2-1-3-5-10/h1-9,19H,(H,22,26)(H,20,21,23). The molecule has 5 rings (SSSR count). The zero-order chi connectivity index (χ0) is 17.7. The van der Waals surface area contributed by atoms with E-state index in [1.165, 1.54) is 10.6 Å². The minimum absolute atomic E-state index is 0.325. The SMILES string of the molecule is O=c1[nH]n2c(=O)cc(-c3ccc4n[nH]nc4c3)[nH]c2c1-c1ccccc1. The van der Waals surface area contributed by atoms with Crippen molar-refractivity contribution in [1.29, 1.82) is 0 Å². The molecule has 0 aliphatic carbocycles. The van der Waals surface area contributed by atoms with Gasteiger partial charge in [-0.15, -0.1) is 0 Å². The number of nitrogens with zero attached hydrogens (tertiary/aromatic N) is 3. The number of aromatic nitrogens is 6. The molecular formula is C18H12N6O2. The second-order valence-electron chi connectivity index (χ2n) is 5.91. The molecule has 0 aliphatic heterocycles. The average molecular weight is 344 g/mol. The molecule has 0 fully saturated rings. The van der Waals surface area contributed by atoms with Gasteiger partial charge in [-0.2, -0.15) is 19.9 Å². The van der Waals surface area contributed by atoms with E-state index >= 15 is 0 Å². The molecule has 3 aromatic heterocycles. The molecule has 26 heavy (non-hydrogen) atoms. The normalized spacial score (nSPS) is 11.4. The van der Waals surface area contributed by atoms with Crippen molar-refractivity contribution in [3.63, 3.8) is 0 Å². The number of benzene rings is 2. The van der Waals surface area contributed by atoms with Crippen LogP contribution in [0, 0.1) is 0 Å². The van der Waals surface area contributed by atoms with E-state index in [0.717, 1.165) is 16.6 Å². The lowest BCUT2D eigenvalue weighted by atomic mass is 10.1. The van der Waals surface area contributed by atoms with Gasteiger partial charge >= 0.3 is 0 Å².